The molecule has 0 radical (unpaired) electrons. The molecule has 2 N–H and O–H groups in total. The first kappa shape index (κ1) is 16.9. The van der Waals surface area contributed by atoms with Crippen molar-refractivity contribution in [3.8, 4) is 0 Å². The molecule has 5 fully saturated rings. The third-order valence-electron chi connectivity index (χ3n) is 9.56. The average molecular weight is 372 g/mol. The maximum atomic E-state index is 11.9. The zero-order valence-corrected chi connectivity index (χ0v) is 16.2. The summed E-state index contributed by atoms with van der Waals surface area (Å²) in [6.07, 6.45) is 9.50. The summed E-state index contributed by atoms with van der Waals surface area (Å²) in [5.74, 6) is -0.354. The van der Waals surface area contributed by atoms with Gasteiger partial charge in [-0.05, 0) is 62.5 Å². The SMILES string of the molecule is CC1C[C@H]2[C@@H]3CCC4=CC(=O)C=C[C@]4(C)[C@]34OC4C[C@]2(C)[C@]12OC2(O)CO. The highest BCUT2D eigenvalue weighted by atomic mass is 16.8. The average Bonchev–Trinajstić information content (AvgIpc) is 3.48. The Kier molecular flexibility index (Phi) is 2.77. The van der Waals surface area contributed by atoms with Crippen LogP contribution < -0.4 is 0 Å². The number of fused-ring (bicyclic) bond motifs is 4. The molecule has 0 aromatic carbocycles. The molecule has 6 aliphatic rings. The molecule has 146 valence electrons. The molecule has 3 saturated carbocycles. The summed E-state index contributed by atoms with van der Waals surface area (Å²) in [7, 11) is 0. The lowest BCUT2D eigenvalue weighted by molar-refractivity contribution is -0.111. The van der Waals surface area contributed by atoms with Crippen molar-refractivity contribution in [2.45, 2.75) is 69.5 Å². The molecule has 27 heavy (non-hydrogen) atoms. The molecule has 0 amide bonds. The van der Waals surface area contributed by atoms with Crippen molar-refractivity contribution < 1.29 is 24.5 Å². The first-order chi connectivity index (χ1) is 12.7. The smallest absolute Gasteiger partial charge is 0.220 e. The second kappa shape index (κ2) is 4.43. The van der Waals surface area contributed by atoms with Crippen LogP contribution in [0.1, 0.15) is 46.5 Å². The van der Waals surface area contributed by atoms with Crippen LogP contribution in [-0.4, -0.2) is 45.7 Å². The first-order valence-electron chi connectivity index (χ1n) is 10.3. The van der Waals surface area contributed by atoms with Crippen molar-refractivity contribution in [2.75, 3.05) is 6.61 Å². The fourth-order valence-corrected chi connectivity index (χ4v) is 8.41. The fraction of sp³-hybridized carbons (Fsp3) is 0.773. The highest BCUT2D eigenvalue weighted by Gasteiger charge is 2.89. The van der Waals surface area contributed by atoms with E-state index >= 15 is 0 Å². The minimum atomic E-state index is -1.41. The van der Waals surface area contributed by atoms with Gasteiger partial charge >= 0.3 is 0 Å². The predicted molar refractivity (Wildman–Crippen MR) is 96.5 cm³/mol. The number of allylic oxidation sites excluding steroid dienone is 2. The number of epoxide rings is 2. The van der Waals surface area contributed by atoms with Crippen molar-refractivity contribution in [3.05, 3.63) is 23.8 Å². The Labute approximate surface area is 159 Å². The van der Waals surface area contributed by atoms with E-state index in [9.17, 15) is 15.0 Å². The van der Waals surface area contributed by atoms with Crippen LogP contribution in [0.5, 0.6) is 0 Å². The lowest BCUT2D eigenvalue weighted by Crippen LogP contribution is -2.58. The molecule has 2 aliphatic heterocycles. The van der Waals surface area contributed by atoms with Crippen LogP contribution in [0.3, 0.4) is 0 Å². The van der Waals surface area contributed by atoms with Crippen molar-refractivity contribution in [1.82, 2.24) is 0 Å². The Morgan fingerprint density at radius 1 is 1.30 bits per heavy atom. The summed E-state index contributed by atoms with van der Waals surface area (Å²) in [6, 6.07) is 0. The number of carbonyl (C=O) groups excluding carboxylic acids is 1. The zero-order chi connectivity index (χ0) is 19.0. The Hall–Kier alpha value is -1.01. The van der Waals surface area contributed by atoms with Crippen LogP contribution in [0.15, 0.2) is 23.8 Å². The molecular formula is C22H28O5. The molecule has 6 rings (SSSR count). The highest BCUT2D eigenvalue weighted by molar-refractivity contribution is 6.01. The fourth-order valence-electron chi connectivity index (χ4n) is 8.41. The normalized spacial score (nSPS) is 62.4. The molecular weight excluding hydrogens is 344 g/mol. The number of rotatable bonds is 1. The van der Waals surface area contributed by atoms with E-state index in [0.717, 1.165) is 25.7 Å². The predicted octanol–water partition coefficient (Wildman–Crippen LogP) is 2.12. The lowest BCUT2D eigenvalue weighted by Gasteiger charge is -2.54. The van der Waals surface area contributed by atoms with Crippen molar-refractivity contribution in [1.29, 1.82) is 0 Å². The molecule has 2 saturated heterocycles. The van der Waals surface area contributed by atoms with Crippen LogP contribution in [0.2, 0.25) is 0 Å². The standard InChI is InChI=1S/C22H28O5/c1-12-8-16-15-5-4-13-9-14(24)6-7-18(13,2)21(15)17(26-21)10-19(16,3)22(12)20(25,11-23)27-22/h6-7,9,12,15-17,23,25H,4-5,8,10-11H2,1-3H3/t12?,15-,16-,17?,18-,19-,20?,21-,22+/m0/s1. The molecule has 0 bridgehead atoms. The molecule has 5 nitrogen and oxygen atoms in total. The molecule has 0 aromatic rings. The van der Waals surface area contributed by atoms with Gasteiger partial charge in [-0.15, -0.1) is 0 Å². The van der Waals surface area contributed by atoms with Gasteiger partial charge in [0, 0.05) is 10.8 Å². The summed E-state index contributed by atoms with van der Waals surface area (Å²) in [5, 5.41) is 20.6. The minimum Gasteiger partial charge on any atom is -0.391 e. The Bertz CT molecular complexity index is 833. The number of aliphatic hydroxyl groups is 2. The minimum absolute atomic E-state index is 0.0861. The maximum Gasteiger partial charge on any atom is 0.220 e. The second-order valence-corrected chi connectivity index (χ2v) is 10.3. The number of aliphatic hydroxyl groups excluding tert-OH is 1. The van der Waals surface area contributed by atoms with E-state index in [-0.39, 0.29) is 40.8 Å². The Morgan fingerprint density at radius 2 is 2.07 bits per heavy atom. The van der Waals surface area contributed by atoms with Crippen LogP contribution >= 0.6 is 0 Å². The lowest BCUT2D eigenvalue weighted by atomic mass is 9.47. The summed E-state index contributed by atoms with van der Waals surface area (Å²) in [6.45, 7) is 6.29. The third kappa shape index (κ3) is 1.50. The van der Waals surface area contributed by atoms with Gasteiger partial charge in [0.05, 0.1) is 6.10 Å². The van der Waals surface area contributed by atoms with Crippen LogP contribution in [0.25, 0.3) is 0 Å². The number of hydrogen-bond donors (Lipinski definition) is 2. The number of hydrogen-bond acceptors (Lipinski definition) is 5. The van der Waals surface area contributed by atoms with Gasteiger partial charge in [-0.2, -0.15) is 0 Å². The number of ether oxygens (including phenoxy) is 2. The van der Waals surface area contributed by atoms with Gasteiger partial charge in [-0.3, -0.25) is 4.79 Å². The van der Waals surface area contributed by atoms with Crippen LogP contribution in [0.4, 0.5) is 0 Å². The van der Waals surface area contributed by atoms with Gasteiger partial charge in [0.25, 0.3) is 0 Å². The molecule has 0 aromatic heterocycles. The first-order valence-corrected chi connectivity index (χ1v) is 10.3. The molecule has 2 heterocycles. The van der Waals surface area contributed by atoms with E-state index in [1.807, 2.05) is 6.08 Å². The van der Waals surface area contributed by atoms with E-state index in [1.165, 1.54) is 5.57 Å². The molecule has 5 heteroatoms. The van der Waals surface area contributed by atoms with Crippen molar-refractivity contribution in [3.63, 3.8) is 0 Å². The third-order valence-corrected chi connectivity index (χ3v) is 9.56. The van der Waals surface area contributed by atoms with Crippen molar-refractivity contribution in [2.24, 2.45) is 28.6 Å². The molecule has 4 aliphatic carbocycles. The van der Waals surface area contributed by atoms with Gasteiger partial charge in [0.2, 0.25) is 5.79 Å². The summed E-state index contributed by atoms with van der Waals surface area (Å²) >= 11 is 0. The maximum absolute atomic E-state index is 11.9. The Morgan fingerprint density at radius 3 is 2.78 bits per heavy atom. The van der Waals surface area contributed by atoms with E-state index in [0.29, 0.717) is 11.8 Å². The summed E-state index contributed by atoms with van der Waals surface area (Å²) in [5.41, 5.74) is -0.0898. The van der Waals surface area contributed by atoms with Crippen molar-refractivity contribution >= 4 is 5.78 Å². The van der Waals surface area contributed by atoms with Gasteiger partial charge in [0.1, 0.15) is 17.8 Å². The van der Waals surface area contributed by atoms with Gasteiger partial charge in [-0.1, -0.05) is 25.5 Å². The van der Waals surface area contributed by atoms with Gasteiger partial charge in [0.15, 0.2) is 5.78 Å². The summed E-state index contributed by atoms with van der Waals surface area (Å²) < 4.78 is 12.5. The van der Waals surface area contributed by atoms with E-state index in [2.05, 4.69) is 26.8 Å². The second-order valence-electron chi connectivity index (χ2n) is 10.3. The van der Waals surface area contributed by atoms with E-state index < -0.39 is 11.4 Å². The van der Waals surface area contributed by atoms with E-state index in [1.54, 1.807) is 6.08 Å². The monoisotopic (exact) mass is 372 g/mol. The molecule has 3 unspecified atom stereocenters. The highest BCUT2D eigenvalue weighted by Crippen LogP contribution is 2.81. The zero-order valence-electron chi connectivity index (χ0n) is 16.2. The van der Waals surface area contributed by atoms with Crippen LogP contribution in [0, 0.1) is 28.6 Å². The largest absolute Gasteiger partial charge is 0.391 e. The molecule has 2 spiro atoms. The van der Waals surface area contributed by atoms with Crippen LogP contribution in [-0.2, 0) is 14.3 Å². The van der Waals surface area contributed by atoms with Gasteiger partial charge < -0.3 is 19.7 Å². The Balaban J connectivity index is 1.45. The number of ketones is 1. The van der Waals surface area contributed by atoms with E-state index in [4.69, 9.17) is 9.47 Å². The quantitative estimate of drug-likeness (QED) is 0.689. The summed E-state index contributed by atoms with van der Waals surface area (Å²) in [4.78, 5) is 11.9. The topological polar surface area (TPSA) is 82.6 Å². The molecule has 9 atom stereocenters. The number of carbonyl (C=O) groups is 1. The van der Waals surface area contributed by atoms with Gasteiger partial charge in [-0.25, -0.2) is 0 Å².